The maximum Gasteiger partial charge on any atom is 0.335 e. The van der Waals surface area contributed by atoms with Crippen LogP contribution in [0.5, 0.6) is 0 Å². The van der Waals surface area contributed by atoms with Crippen molar-refractivity contribution < 1.29 is 15.0 Å². The van der Waals surface area contributed by atoms with Gasteiger partial charge in [-0.1, -0.05) is 66.7 Å². The standard InChI is InChI=1S/C20H22O3/c1-20(23,19(21)22)15-9-8-14-18(16-10-4-2-5-11-16)17-12-6-3-7-13-17/h2-7,10-14,23H,8-9,15H2,1H3,(H,21,22). The molecule has 0 amide bonds. The van der Waals surface area contributed by atoms with Gasteiger partial charge in [-0.2, -0.15) is 0 Å². The van der Waals surface area contributed by atoms with Crippen molar-refractivity contribution in [2.24, 2.45) is 0 Å². The van der Waals surface area contributed by atoms with E-state index in [-0.39, 0.29) is 6.42 Å². The molecule has 3 heteroatoms. The van der Waals surface area contributed by atoms with Gasteiger partial charge in [-0.3, -0.25) is 0 Å². The molecule has 0 saturated carbocycles. The van der Waals surface area contributed by atoms with Crippen LogP contribution in [-0.4, -0.2) is 21.8 Å². The van der Waals surface area contributed by atoms with E-state index in [1.165, 1.54) is 6.92 Å². The maximum absolute atomic E-state index is 10.9. The van der Waals surface area contributed by atoms with Crippen molar-refractivity contribution in [2.75, 3.05) is 0 Å². The summed E-state index contributed by atoms with van der Waals surface area (Å²) in [6, 6.07) is 20.2. The second-order valence-electron chi connectivity index (χ2n) is 5.82. The summed E-state index contributed by atoms with van der Waals surface area (Å²) >= 11 is 0. The van der Waals surface area contributed by atoms with Crippen molar-refractivity contribution in [2.45, 2.75) is 31.8 Å². The Balaban J connectivity index is 2.14. The first kappa shape index (κ1) is 17.0. The van der Waals surface area contributed by atoms with E-state index in [9.17, 15) is 9.90 Å². The number of benzene rings is 2. The van der Waals surface area contributed by atoms with Gasteiger partial charge < -0.3 is 10.2 Å². The molecule has 2 aromatic carbocycles. The molecule has 3 nitrogen and oxygen atoms in total. The quantitative estimate of drug-likeness (QED) is 0.756. The Morgan fingerprint density at radius 2 is 1.48 bits per heavy atom. The molecule has 2 N–H and O–H groups in total. The second-order valence-corrected chi connectivity index (χ2v) is 5.82. The van der Waals surface area contributed by atoms with E-state index < -0.39 is 11.6 Å². The molecule has 0 radical (unpaired) electrons. The van der Waals surface area contributed by atoms with Crippen molar-refractivity contribution in [3.05, 3.63) is 77.9 Å². The fourth-order valence-electron chi connectivity index (χ4n) is 2.44. The maximum atomic E-state index is 10.9. The normalized spacial score (nSPS) is 13.1. The molecule has 0 heterocycles. The third kappa shape index (κ3) is 4.80. The van der Waals surface area contributed by atoms with Gasteiger partial charge in [0.05, 0.1) is 0 Å². The molecule has 0 fully saturated rings. The van der Waals surface area contributed by atoms with Gasteiger partial charge in [0.15, 0.2) is 5.60 Å². The van der Waals surface area contributed by atoms with Crippen molar-refractivity contribution >= 4 is 11.5 Å². The SMILES string of the molecule is CC(O)(CCCC=C(c1ccccc1)c1ccccc1)C(=O)O. The van der Waals surface area contributed by atoms with Crippen LogP contribution < -0.4 is 0 Å². The van der Waals surface area contributed by atoms with Gasteiger partial charge in [0.2, 0.25) is 0 Å². The molecule has 0 aromatic heterocycles. The summed E-state index contributed by atoms with van der Waals surface area (Å²) in [5.74, 6) is -1.17. The first-order valence-corrected chi connectivity index (χ1v) is 7.77. The number of rotatable bonds is 7. The van der Waals surface area contributed by atoms with Crippen LogP contribution in [0.1, 0.15) is 37.3 Å². The highest BCUT2D eigenvalue weighted by molar-refractivity contribution is 5.79. The van der Waals surface area contributed by atoms with Crippen LogP contribution in [0.15, 0.2) is 66.7 Å². The van der Waals surface area contributed by atoms with Gasteiger partial charge in [-0.15, -0.1) is 0 Å². The molecule has 2 rings (SSSR count). The van der Waals surface area contributed by atoms with Crippen molar-refractivity contribution in [3.8, 4) is 0 Å². The summed E-state index contributed by atoms with van der Waals surface area (Å²) in [6.45, 7) is 1.34. The average molecular weight is 310 g/mol. The fourth-order valence-corrected chi connectivity index (χ4v) is 2.44. The average Bonchev–Trinajstić information content (AvgIpc) is 2.56. The predicted octanol–water partition coefficient (Wildman–Crippen LogP) is 4.12. The van der Waals surface area contributed by atoms with E-state index in [0.717, 1.165) is 16.7 Å². The molecule has 0 spiro atoms. The van der Waals surface area contributed by atoms with Crippen molar-refractivity contribution in [1.29, 1.82) is 0 Å². The lowest BCUT2D eigenvalue weighted by atomic mass is 9.94. The van der Waals surface area contributed by atoms with Crippen LogP contribution in [-0.2, 0) is 4.79 Å². The molecule has 0 aliphatic rings. The Labute approximate surface area is 136 Å². The van der Waals surface area contributed by atoms with E-state index >= 15 is 0 Å². The summed E-state index contributed by atoms with van der Waals surface area (Å²) < 4.78 is 0. The third-order valence-electron chi connectivity index (χ3n) is 3.85. The number of carbonyl (C=O) groups is 1. The molecule has 23 heavy (non-hydrogen) atoms. The lowest BCUT2D eigenvalue weighted by molar-refractivity contribution is -0.157. The van der Waals surface area contributed by atoms with Crippen LogP contribution in [0.2, 0.25) is 0 Å². The lowest BCUT2D eigenvalue weighted by Gasteiger charge is -2.17. The third-order valence-corrected chi connectivity index (χ3v) is 3.85. The molecule has 1 atom stereocenters. The van der Waals surface area contributed by atoms with Crippen molar-refractivity contribution in [3.63, 3.8) is 0 Å². The fraction of sp³-hybridized carbons (Fsp3) is 0.250. The molecule has 0 saturated heterocycles. The Morgan fingerprint density at radius 3 is 1.91 bits per heavy atom. The zero-order valence-electron chi connectivity index (χ0n) is 13.3. The summed E-state index contributed by atoms with van der Waals surface area (Å²) in [5, 5.41) is 18.7. The number of carboxylic acids is 1. The summed E-state index contributed by atoms with van der Waals surface area (Å²) in [5.41, 5.74) is 1.72. The number of hydrogen-bond acceptors (Lipinski definition) is 2. The van der Waals surface area contributed by atoms with Crippen LogP contribution in [0.4, 0.5) is 0 Å². The zero-order valence-corrected chi connectivity index (χ0v) is 13.3. The predicted molar refractivity (Wildman–Crippen MR) is 92.1 cm³/mol. The molecule has 2 aromatic rings. The first-order valence-electron chi connectivity index (χ1n) is 7.77. The van der Waals surface area contributed by atoms with E-state index in [0.29, 0.717) is 12.8 Å². The van der Waals surface area contributed by atoms with E-state index in [1.807, 2.05) is 36.4 Å². The summed E-state index contributed by atoms with van der Waals surface area (Å²) in [7, 11) is 0. The van der Waals surface area contributed by atoms with Gasteiger partial charge in [-0.25, -0.2) is 4.79 Å². The molecule has 0 bridgehead atoms. The highest BCUT2D eigenvalue weighted by atomic mass is 16.4. The largest absolute Gasteiger partial charge is 0.479 e. The van der Waals surface area contributed by atoms with Crippen LogP contribution in [0, 0.1) is 0 Å². The Morgan fingerprint density at radius 1 is 1.00 bits per heavy atom. The number of carboxylic acid groups (broad SMARTS) is 1. The number of aliphatic carboxylic acids is 1. The minimum atomic E-state index is -1.66. The van der Waals surface area contributed by atoms with E-state index in [2.05, 4.69) is 30.3 Å². The highest BCUT2D eigenvalue weighted by Gasteiger charge is 2.28. The Hall–Kier alpha value is -2.39. The van der Waals surface area contributed by atoms with E-state index in [4.69, 9.17) is 5.11 Å². The molecular weight excluding hydrogens is 288 g/mol. The van der Waals surface area contributed by atoms with Gasteiger partial charge in [-0.05, 0) is 42.9 Å². The molecular formula is C20H22O3. The molecule has 0 aliphatic carbocycles. The van der Waals surface area contributed by atoms with Crippen molar-refractivity contribution in [1.82, 2.24) is 0 Å². The number of allylic oxidation sites excluding steroid dienone is 1. The number of hydrogen-bond donors (Lipinski definition) is 2. The minimum Gasteiger partial charge on any atom is -0.479 e. The minimum absolute atomic E-state index is 0.232. The summed E-state index contributed by atoms with van der Waals surface area (Å²) in [6.07, 6.45) is 3.67. The molecule has 1 unspecified atom stereocenters. The van der Waals surface area contributed by atoms with Gasteiger partial charge >= 0.3 is 5.97 Å². The Kier molecular flexibility index (Phi) is 5.72. The van der Waals surface area contributed by atoms with Gasteiger partial charge in [0, 0.05) is 0 Å². The van der Waals surface area contributed by atoms with E-state index in [1.54, 1.807) is 0 Å². The van der Waals surface area contributed by atoms with Gasteiger partial charge in [0.1, 0.15) is 0 Å². The summed E-state index contributed by atoms with van der Waals surface area (Å²) in [4.78, 5) is 10.9. The van der Waals surface area contributed by atoms with Crippen LogP contribution >= 0.6 is 0 Å². The van der Waals surface area contributed by atoms with Crippen LogP contribution in [0.25, 0.3) is 5.57 Å². The molecule has 0 aliphatic heterocycles. The number of unbranched alkanes of at least 4 members (excludes halogenated alkanes) is 1. The van der Waals surface area contributed by atoms with Crippen LogP contribution in [0.3, 0.4) is 0 Å². The first-order chi connectivity index (χ1) is 11.0. The number of aliphatic hydroxyl groups is 1. The monoisotopic (exact) mass is 310 g/mol. The molecule has 120 valence electrons. The second kappa shape index (κ2) is 7.75. The topological polar surface area (TPSA) is 57.5 Å². The smallest absolute Gasteiger partial charge is 0.335 e. The lowest BCUT2D eigenvalue weighted by Crippen LogP contribution is -2.34. The highest BCUT2D eigenvalue weighted by Crippen LogP contribution is 2.25. The van der Waals surface area contributed by atoms with Gasteiger partial charge in [0.25, 0.3) is 0 Å². The zero-order chi connectivity index (χ0) is 16.7. The Bertz CT molecular complexity index is 616.